The lowest BCUT2D eigenvalue weighted by atomic mass is 10.2. The van der Waals surface area contributed by atoms with Crippen LogP contribution in [0.5, 0.6) is 5.75 Å². The zero-order valence-corrected chi connectivity index (χ0v) is 17.4. The van der Waals surface area contributed by atoms with Crippen molar-refractivity contribution < 1.29 is 23.5 Å². The first-order chi connectivity index (χ1) is 15.9. The molecule has 0 aliphatic heterocycles. The predicted molar refractivity (Wildman–Crippen MR) is 117 cm³/mol. The van der Waals surface area contributed by atoms with Crippen molar-refractivity contribution in [3.63, 3.8) is 0 Å². The standard InChI is InChI=1S/C23H18N4O6/c1-14(28)33-19-7-3-2-6-17(19)22(30)26-18-12-24-20-9-8-15(13-27(20)23(18)31)21(29)25-11-16-5-4-10-32-16/h2-10,12-13H,11H2,1H3,(H,25,29)(H,26,30). The lowest BCUT2D eigenvalue weighted by molar-refractivity contribution is -0.131. The highest BCUT2D eigenvalue weighted by Crippen LogP contribution is 2.19. The van der Waals surface area contributed by atoms with Crippen molar-refractivity contribution in [2.45, 2.75) is 13.5 Å². The van der Waals surface area contributed by atoms with E-state index < -0.39 is 23.3 Å². The second-order valence-electron chi connectivity index (χ2n) is 6.93. The van der Waals surface area contributed by atoms with Gasteiger partial charge in [0.25, 0.3) is 17.4 Å². The number of rotatable bonds is 6. The van der Waals surface area contributed by atoms with Crippen LogP contribution in [0.4, 0.5) is 5.69 Å². The molecule has 2 amide bonds. The number of hydrogen-bond acceptors (Lipinski definition) is 7. The number of nitrogens with zero attached hydrogens (tertiary/aromatic N) is 2. The summed E-state index contributed by atoms with van der Waals surface area (Å²) in [6.07, 6.45) is 4.06. The largest absolute Gasteiger partial charge is 0.467 e. The van der Waals surface area contributed by atoms with Crippen molar-refractivity contribution >= 4 is 29.1 Å². The SMILES string of the molecule is CC(=O)Oc1ccccc1C(=O)Nc1cnc2ccc(C(=O)NCc3ccco3)cn2c1=O. The number of hydrogen-bond donors (Lipinski definition) is 2. The average molecular weight is 446 g/mol. The van der Waals surface area contributed by atoms with Gasteiger partial charge in [0.05, 0.1) is 30.1 Å². The van der Waals surface area contributed by atoms with Crippen molar-refractivity contribution in [1.82, 2.24) is 14.7 Å². The van der Waals surface area contributed by atoms with E-state index in [0.717, 1.165) is 4.40 Å². The molecule has 0 atom stereocenters. The van der Waals surface area contributed by atoms with Gasteiger partial charge >= 0.3 is 5.97 Å². The smallest absolute Gasteiger partial charge is 0.308 e. The van der Waals surface area contributed by atoms with Gasteiger partial charge in [0, 0.05) is 13.1 Å². The van der Waals surface area contributed by atoms with E-state index in [1.54, 1.807) is 24.3 Å². The highest BCUT2D eigenvalue weighted by atomic mass is 16.5. The predicted octanol–water partition coefficient (Wildman–Crippen LogP) is 2.40. The van der Waals surface area contributed by atoms with Gasteiger partial charge < -0.3 is 19.8 Å². The highest BCUT2D eigenvalue weighted by Gasteiger charge is 2.16. The molecule has 3 aromatic heterocycles. The monoisotopic (exact) mass is 446 g/mol. The van der Waals surface area contributed by atoms with Crippen molar-refractivity contribution in [1.29, 1.82) is 0 Å². The van der Waals surface area contributed by atoms with Crippen molar-refractivity contribution in [3.8, 4) is 5.75 Å². The Morgan fingerprint density at radius 1 is 1.06 bits per heavy atom. The number of fused-ring (bicyclic) bond motifs is 1. The molecule has 0 aliphatic rings. The molecule has 0 saturated heterocycles. The van der Waals surface area contributed by atoms with E-state index in [2.05, 4.69) is 15.6 Å². The minimum Gasteiger partial charge on any atom is -0.467 e. The zero-order valence-electron chi connectivity index (χ0n) is 17.4. The van der Waals surface area contributed by atoms with Crippen LogP contribution in [0, 0.1) is 0 Å². The molecule has 10 heteroatoms. The Morgan fingerprint density at radius 3 is 2.64 bits per heavy atom. The zero-order chi connectivity index (χ0) is 23.4. The molecule has 10 nitrogen and oxygen atoms in total. The normalized spacial score (nSPS) is 10.6. The Labute approximate surface area is 186 Å². The van der Waals surface area contributed by atoms with Crippen LogP contribution in [0.3, 0.4) is 0 Å². The molecule has 3 heterocycles. The first-order valence-corrected chi connectivity index (χ1v) is 9.83. The van der Waals surface area contributed by atoms with E-state index in [1.807, 2.05) is 0 Å². The Morgan fingerprint density at radius 2 is 1.88 bits per heavy atom. The number of benzene rings is 1. The molecule has 0 aliphatic carbocycles. The van der Waals surface area contributed by atoms with Gasteiger partial charge in [-0.05, 0) is 36.4 Å². The highest BCUT2D eigenvalue weighted by molar-refractivity contribution is 6.06. The van der Waals surface area contributed by atoms with Crippen LogP contribution in [0.2, 0.25) is 0 Å². The van der Waals surface area contributed by atoms with Crippen LogP contribution in [0.15, 0.2) is 76.4 Å². The van der Waals surface area contributed by atoms with Gasteiger partial charge in [-0.3, -0.25) is 23.6 Å². The van der Waals surface area contributed by atoms with Gasteiger partial charge in [-0.1, -0.05) is 12.1 Å². The number of para-hydroxylation sites is 1. The van der Waals surface area contributed by atoms with Gasteiger partial charge in [-0.15, -0.1) is 0 Å². The van der Waals surface area contributed by atoms with Crippen LogP contribution >= 0.6 is 0 Å². The quantitative estimate of drug-likeness (QED) is 0.343. The fraction of sp³-hybridized carbons (Fsp3) is 0.0870. The van der Waals surface area contributed by atoms with E-state index in [0.29, 0.717) is 11.4 Å². The van der Waals surface area contributed by atoms with Crippen molar-refractivity contribution in [3.05, 3.63) is 94.4 Å². The average Bonchev–Trinajstić information content (AvgIpc) is 3.33. The Bertz CT molecular complexity index is 1410. The minimum absolute atomic E-state index is 0.0619. The molecule has 33 heavy (non-hydrogen) atoms. The van der Waals surface area contributed by atoms with Crippen LogP contribution in [0.1, 0.15) is 33.4 Å². The van der Waals surface area contributed by atoms with Gasteiger partial charge in [0.2, 0.25) is 0 Å². The summed E-state index contributed by atoms with van der Waals surface area (Å²) in [5.74, 6) is -1.00. The number of esters is 1. The number of pyridine rings is 1. The maximum atomic E-state index is 13.0. The second kappa shape index (κ2) is 9.18. The number of anilines is 1. The Balaban J connectivity index is 1.58. The van der Waals surface area contributed by atoms with Gasteiger partial charge in [-0.25, -0.2) is 4.98 Å². The summed E-state index contributed by atoms with van der Waals surface area (Å²) in [6, 6.07) is 12.6. The summed E-state index contributed by atoms with van der Waals surface area (Å²) in [5.41, 5.74) is -0.104. The second-order valence-corrected chi connectivity index (χ2v) is 6.93. The summed E-state index contributed by atoms with van der Waals surface area (Å²) < 4.78 is 11.4. The maximum Gasteiger partial charge on any atom is 0.308 e. The molecular weight excluding hydrogens is 428 g/mol. The number of carbonyl (C=O) groups is 3. The first kappa shape index (κ1) is 21.5. The fourth-order valence-electron chi connectivity index (χ4n) is 3.07. The summed E-state index contributed by atoms with van der Waals surface area (Å²) in [4.78, 5) is 53.6. The number of aromatic nitrogens is 2. The lowest BCUT2D eigenvalue weighted by Gasteiger charge is -2.10. The van der Waals surface area contributed by atoms with E-state index in [1.165, 1.54) is 49.8 Å². The molecule has 2 N–H and O–H groups in total. The van der Waals surface area contributed by atoms with Crippen molar-refractivity contribution in [2.24, 2.45) is 0 Å². The number of nitrogens with one attached hydrogen (secondary N) is 2. The molecular formula is C23H18N4O6. The van der Waals surface area contributed by atoms with E-state index >= 15 is 0 Å². The van der Waals surface area contributed by atoms with Crippen molar-refractivity contribution in [2.75, 3.05) is 5.32 Å². The fourth-order valence-corrected chi connectivity index (χ4v) is 3.07. The lowest BCUT2D eigenvalue weighted by Crippen LogP contribution is -2.26. The topological polar surface area (TPSA) is 132 Å². The molecule has 0 fully saturated rings. The van der Waals surface area contributed by atoms with Gasteiger partial charge in [-0.2, -0.15) is 0 Å². The molecule has 4 aromatic rings. The molecule has 0 unspecified atom stereocenters. The van der Waals surface area contributed by atoms with E-state index in [9.17, 15) is 19.2 Å². The van der Waals surface area contributed by atoms with Crippen LogP contribution < -0.4 is 20.9 Å². The molecule has 0 radical (unpaired) electrons. The van der Waals surface area contributed by atoms with Crippen LogP contribution in [-0.4, -0.2) is 27.2 Å². The summed E-state index contributed by atoms with van der Waals surface area (Å²) in [7, 11) is 0. The number of ether oxygens (including phenoxy) is 1. The van der Waals surface area contributed by atoms with Gasteiger partial charge in [0.1, 0.15) is 22.8 Å². The Hall–Kier alpha value is -4.73. The number of amides is 2. The first-order valence-electron chi connectivity index (χ1n) is 9.83. The van der Waals surface area contributed by atoms with Crippen LogP contribution in [0.25, 0.3) is 5.65 Å². The van der Waals surface area contributed by atoms with Gasteiger partial charge in [0.15, 0.2) is 0 Å². The minimum atomic E-state index is -0.655. The van der Waals surface area contributed by atoms with Crippen LogP contribution in [-0.2, 0) is 11.3 Å². The molecule has 0 bridgehead atoms. The molecule has 4 rings (SSSR count). The van der Waals surface area contributed by atoms with E-state index in [-0.39, 0.29) is 29.1 Å². The molecule has 0 saturated carbocycles. The molecule has 0 spiro atoms. The third kappa shape index (κ3) is 4.79. The van der Waals surface area contributed by atoms with E-state index in [4.69, 9.17) is 9.15 Å². The number of carbonyl (C=O) groups excluding carboxylic acids is 3. The summed E-state index contributed by atoms with van der Waals surface area (Å²) in [6.45, 7) is 1.41. The summed E-state index contributed by atoms with van der Waals surface area (Å²) >= 11 is 0. The Kier molecular flexibility index (Phi) is 5.98. The molecule has 1 aromatic carbocycles. The summed E-state index contributed by atoms with van der Waals surface area (Å²) in [5, 5.41) is 5.18. The third-order valence-electron chi connectivity index (χ3n) is 4.60. The maximum absolute atomic E-state index is 13.0. The molecule has 166 valence electrons. The number of furan rings is 1. The third-order valence-corrected chi connectivity index (χ3v) is 4.60.